The van der Waals surface area contributed by atoms with Crippen molar-refractivity contribution in [2.45, 2.75) is 123 Å². The smallest absolute Gasteiger partial charge is 0.344 e. The average molecular weight is 545 g/mol. The maximum absolute atomic E-state index is 4.19. The molecule has 0 atom stereocenters. The van der Waals surface area contributed by atoms with E-state index in [1.165, 1.54) is 127 Å². The fourth-order valence-corrected chi connectivity index (χ4v) is 10.1. The van der Waals surface area contributed by atoms with Crippen LogP contribution in [0.25, 0.3) is 0 Å². The second-order valence-electron chi connectivity index (χ2n) is 10.1. The quantitative estimate of drug-likeness (QED) is 0.0879. The molecule has 33 heavy (non-hydrogen) atoms. The molecule has 0 heterocycles. The Morgan fingerprint density at radius 1 is 0.636 bits per heavy atom. The van der Waals surface area contributed by atoms with Gasteiger partial charge in [0.1, 0.15) is 0 Å². The van der Waals surface area contributed by atoms with Gasteiger partial charge in [0.2, 0.25) is 0 Å². The van der Waals surface area contributed by atoms with E-state index < -0.39 is 7.26 Å². The van der Waals surface area contributed by atoms with Gasteiger partial charge in [-0.3, -0.25) is 0 Å². The molecule has 0 aliphatic heterocycles. The van der Waals surface area contributed by atoms with Gasteiger partial charge in [-0.1, -0.05) is 0 Å². The van der Waals surface area contributed by atoms with Gasteiger partial charge in [0, 0.05) is 0 Å². The molecule has 0 aliphatic carbocycles. The van der Waals surface area contributed by atoms with Crippen LogP contribution in [0.4, 0.5) is 0 Å². The molecule has 0 aromatic heterocycles. The van der Waals surface area contributed by atoms with Gasteiger partial charge in [-0.25, -0.2) is 0 Å². The van der Waals surface area contributed by atoms with Crippen LogP contribution in [-0.2, 0) is 6.16 Å². The summed E-state index contributed by atoms with van der Waals surface area (Å²) in [5.74, 6) is 0. The molecular formula is C30H59BrNP. The van der Waals surface area contributed by atoms with Gasteiger partial charge in [-0.05, 0) is 0 Å². The molecule has 1 aromatic carbocycles. The molecule has 0 unspecified atom stereocenters. The van der Waals surface area contributed by atoms with E-state index in [1.54, 1.807) is 5.56 Å². The SMILES string of the molecule is Br.C=CC[PH](CCCCCCCCCC)(CCCCCCCCCC)Cc1ccccc1.N. The summed E-state index contributed by atoms with van der Waals surface area (Å²) in [6, 6.07) is 11.4. The average Bonchev–Trinajstić information content (AvgIpc) is 2.78. The van der Waals surface area contributed by atoms with E-state index in [4.69, 9.17) is 0 Å². The van der Waals surface area contributed by atoms with Crippen molar-refractivity contribution in [1.29, 1.82) is 0 Å². The number of allylic oxidation sites excluding steroid dienone is 1. The molecule has 0 bridgehead atoms. The van der Waals surface area contributed by atoms with Crippen molar-refractivity contribution in [2.24, 2.45) is 0 Å². The molecule has 0 aliphatic rings. The minimum Gasteiger partial charge on any atom is -0.344 e. The van der Waals surface area contributed by atoms with Gasteiger partial charge < -0.3 is 6.15 Å². The Hall–Kier alpha value is -0.170. The van der Waals surface area contributed by atoms with Gasteiger partial charge in [-0.15, -0.1) is 17.0 Å². The summed E-state index contributed by atoms with van der Waals surface area (Å²) in [6.45, 7) is 8.81. The molecule has 0 saturated carbocycles. The van der Waals surface area contributed by atoms with Crippen LogP contribution in [-0.4, -0.2) is 18.5 Å². The van der Waals surface area contributed by atoms with Crippen LogP contribution in [0.15, 0.2) is 43.0 Å². The molecule has 0 radical (unpaired) electrons. The Morgan fingerprint density at radius 2 is 1.03 bits per heavy atom. The van der Waals surface area contributed by atoms with Gasteiger partial charge in [-0.2, -0.15) is 0 Å². The largest absolute Gasteiger partial charge is 0.344 e. The topological polar surface area (TPSA) is 35.0 Å². The molecular weight excluding hydrogens is 485 g/mol. The first kappa shape index (κ1) is 35.0. The predicted octanol–water partition coefficient (Wildman–Crippen LogP) is 11.1. The third-order valence-electron chi connectivity index (χ3n) is 7.12. The summed E-state index contributed by atoms with van der Waals surface area (Å²) in [4.78, 5) is 0. The first-order chi connectivity index (χ1) is 15.3. The summed E-state index contributed by atoms with van der Waals surface area (Å²) >= 11 is 0. The second kappa shape index (κ2) is 24.9. The van der Waals surface area contributed by atoms with E-state index in [9.17, 15) is 0 Å². The minimum absolute atomic E-state index is 0. The van der Waals surface area contributed by atoms with Crippen LogP contribution in [0.3, 0.4) is 0 Å². The van der Waals surface area contributed by atoms with Crippen molar-refractivity contribution in [1.82, 2.24) is 6.15 Å². The molecule has 0 saturated heterocycles. The van der Waals surface area contributed by atoms with Crippen molar-refractivity contribution < 1.29 is 0 Å². The van der Waals surface area contributed by atoms with Crippen LogP contribution in [0, 0.1) is 0 Å². The summed E-state index contributed by atoms with van der Waals surface area (Å²) in [6.07, 6.45) is 30.9. The van der Waals surface area contributed by atoms with Gasteiger partial charge >= 0.3 is 197 Å². The van der Waals surface area contributed by atoms with Crippen LogP contribution in [0.1, 0.15) is 122 Å². The van der Waals surface area contributed by atoms with E-state index in [2.05, 4.69) is 56.8 Å². The van der Waals surface area contributed by atoms with Crippen molar-refractivity contribution >= 4 is 24.2 Å². The molecule has 0 amide bonds. The van der Waals surface area contributed by atoms with E-state index >= 15 is 0 Å². The maximum Gasteiger partial charge on any atom is -0.344 e. The monoisotopic (exact) mass is 543 g/mol. The summed E-state index contributed by atoms with van der Waals surface area (Å²) in [5, 5.41) is 0. The Balaban J connectivity index is 0. The molecule has 0 spiro atoms. The van der Waals surface area contributed by atoms with Crippen molar-refractivity contribution in [3.05, 3.63) is 48.6 Å². The number of hydrogen-bond acceptors (Lipinski definition) is 1. The Morgan fingerprint density at radius 3 is 1.42 bits per heavy atom. The fourth-order valence-electron chi connectivity index (χ4n) is 5.18. The van der Waals surface area contributed by atoms with E-state index in [1.807, 2.05) is 0 Å². The molecule has 0 fully saturated rings. The van der Waals surface area contributed by atoms with Gasteiger partial charge in [0.15, 0.2) is 0 Å². The van der Waals surface area contributed by atoms with Crippen LogP contribution in [0.5, 0.6) is 0 Å². The van der Waals surface area contributed by atoms with Crippen molar-refractivity contribution in [3.63, 3.8) is 0 Å². The number of halogens is 1. The predicted molar refractivity (Wildman–Crippen MR) is 164 cm³/mol. The first-order valence-electron chi connectivity index (χ1n) is 13.9. The van der Waals surface area contributed by atoms with Gasteiger partial charge in [0.25, 0.3) is 0 Å². The zero-order chi connectivity index (χ0) is 22.5. The molecule has 196 valence electrons. The zero-order valence-electron chi connectivity index (χ0n) is 22.4. The standard InChI is InChI=1S/C30H55P.BrH.H3N/c1-4-7-9-11-13-15-17-22-27-31(26-6-3,29-30-24-20-19-21-25-30)28-23-18-16-14-12-10-8-5-2;;/h6,19-21,24-25,31H,3-5,7-18,22-23,26-29H2,1-2H3;1H;1H3. The summed E-state index contributed by atoms with van der Waals surface area (Å²) in [5.41, 5.74) is 1.58. The van der Waals surface area contributed by atoms with E-state index in [-0.39, 0.29) is 23.1 Å². The van der Waals surface area contributed by atoms with Crippen LogP contribution in [0.2, 0.25) is 0 Å². The minimum atomic E-state index is -1.32. The first-order valence-corrected chi connectivity index (χ1v) is 16.7. The van der Waals surface area contributed by atoms with Gasteiger partial charge in [0.05, 0.1) is 0 Å². The second-order valence-corrected chi connectivity index (χ2v) is 14.9. The third-order valence-corrected chi connectivity index (χ3v) is 12.3. The van der Waals surface area contributed by atoms with Crippen molar-refractivity contribution in [3.8, 4) is 0 Å². The summed E-state index contributed by atoms with van der Waals surface area (Å²) < 4.78 is 0. The number of hydrogen-bond donors (Lipinski definition) is 1. The molecule has 3 heteroatoms. The molecule has 1 rings (SSSR count). The molecule has 1 nitrogen and oxygen atoms in total. The maximum atomic E-state index is 4.19. The normalized spacial score (nSPS) is 11.5. The zero-order valence-corrected chi connectivity index (χ0v) is 25.1. The summed E-state index contributed by atoms with van der Waals surface area (Å²) in [7, 11) is -1.32. The van der Waals surface area contributed by atoms with E-state index in [0.717, 1.165) is 0 Å². The molecule has 3 N–H and O–H groups in total. The van der Waals surface area contributed by atoms with Crippen LogP contribution < -0.4 is 6.15 Å². The van der Waals surface area contributed by atoms with E-state index in [0.29, 0.717) is 0 Å². The fraction of sp³-hybridized carbons (Fsp3) is 0.733. The van der Waals surface area contributed by atoms with Crippen molar-refractivity contribution in [2.75, 3.05) is 18.5 Å². The Kier molecular flexibility index (Phi) is 26.4. The Bertz CT molecular complexity index is 499. The third kappa shape index (κ3) is 18.8. The van der Waals surface area contributed by atoms with Crippen LogP contribution >= 0.6 is 24.2 Å². The number of benzene rings is 1. The Labute approximate surface area is 219 Å². The number of rotatable bonds is 22. The number of unbranched alkanes of at least 4 members (excludes halogenated alkanes) is 14. The molecule has 1 aromatic rings.